The predicted molar refractivity (Wildman–Crippen MR) is 91.2 cm³/mol. The Morgan fingerprint density at radius 3 is 2.48 bits per heavy atom. The van der Waals surface area contributed by atoms with E-state index in [1.54, 1.807) is 48.5 Å². The van der Waals surface area contributed by atoms with Crippen LogP contribution in [0.2, 0.25) is 0 Å². The van der Waals surface area contributed by atoms with E-state index in [2.05, 4.69) is 5.43 Å². The molecule has 1 heterocycles. The minimum atomic E-state index is -0.618. The van der Waals surface area contributed by atoms with Crippen molar-refractivity contribution in [2.75, 3.05) is 11.6 Å². The number of carbonyl (C=O) groups is 3. The Labute approximate surface area is 143 Å². The smallest absolute Gasteiger partial charge is 0.282 e. The van der Waals surface area contributed by atoms with E-state index in [-0.39, 0.29) is 12.2 Å². The molecule has 7 heteroatoms. The van der Waals surface area contributed by atoms with Crippen molar-refractivity contribution in [3.05, 3.63) is 65.7 Å². The molecule has 7 nitrogen and oxygen atoms in total. The molecule has 0 aromatic heterocycles. The normalized spacial score (nSPS) is 15.4. The minimum absolute atomic E-state index is 0.0287. The number of hydrogen-bond donors (Lipinski definition) is 2. The summed E-state index contributed by atoms with van der Waals surface area (Å²) in [7, 11) is 0. The van der Waals surface area contributed by atoms with Crippen LogP contribution in [0.3, 0.4) is 0 Å². The number of nitrogens with zero attached hydrogens (tertiary/aromatic N) is 1. The molecule has 0 bridgehead atoms. The van der Waals surface area contributed by atoms with E-state index in [0.717, 1.165) is 0 Å². The van der Waals surface area contributed by atoms with Gasteiger partial charge in [-0.15, -0.1) is 0 Å². The highest BCUT2D eigenvalue weighted by atomic mass is 16.5. The molecule has 3 amide bonds. The topological polar surface area (TPSA) is 102 Å². The number of nitrogens with two attached hydrogens (primary N) is 1. The fraction of sp³-hybridized carbons (Fsp3) is 0.0556. The zero-order chi connectivity index (χ0) is 17.8. The van der Waals surface area contributed by atoms with Crippen LogP contribution in [0.25, 0.3) is 6.08 Å². The van der Waals surface area contributed by atoms with Gasteiger partial charge in [0.2, 0.25) is 0 Å². The van der Waals surface area contributed by atoms with Crippen LogP contribution in [0.15, 0.2) is 60.2 Å². The highest BCUT2D eigenvalue weighted by Gasteiger charge is 2.34. The van der Waals surface area contributed by atoms with Gasteiger partial charge in [0.25, 0.3) is 17.7 Å². The Hall–Kier alpha value is -3.61. The largest absolute Gasteiger partial charge is 0.483 e. The van der Waals surface area contributed by atoms with Gasteiger partial charge in [0.05, 0.1) is 5.69 Å². The van der Waals surface area contributed by atoms with Crippen LogP contribution in [0, 0.1) is 0 Å². The van der Waals surface area contributed by atoms with E-state index in [4.69, 9.17) is 10.5 Å². The van der Waals surface area contributed by atoms with E-state index < -0.39 is 17.7 Å². The first-order valence-corrected chi connectivity index (χ1v) is 7.48. The van der Waals surface area contributed by atoms with Crippen LogP contribution >= 0.6 is 0 Å². The molecule has 1 aliphatic heterocycles. The minimum Gasteiger partial charge on any atom is -0.483 e. The second kappa shape index (κ2) is 6.88. The maximum absolute atomic E-state index is 12.6. The number of carbonyl (C=O) groups excluding carboxylic acids is 3. The van der Waals surface area contributed by atoms with Gasteiger partial charge in [-0.3, -0.25) is 19.8 Å². The summed E-state index contributed by atoms with van der Waals surface area (Å²) in [6.07, 6.45) is 1.43. The van der Waals surface area contributed by atoms with Gasteiger partial charge in [-0.25, -0.2) is 5.01 Å². The third-order valence-corrected chi connectivity index (χ3v) is 3.49. The van der Waals surface area contributed by atoms with Crippen molar-refractivity contribution in [2.45, 2.75) is 0 Å². The zero-order valence-corrected chi connectivity index (χ0v) is 13.1. The number of benzene rings is 2. The first kappa shape index (κ1) is 16.3. The Morgan fingerprint density at radius 2 is 1.76 bits per heavy atom. The number of para-hydroxylation sites is 2. The molecule has 0 spiro atoms. The number of hydrogen-bond acceptors (Lipinski definition) is 4. The van der Waals surface area contributed by atoms with E-state index in [9.17, 15) is 14.4 Å². The number of primary amides is 1. The number of ether oxygens (including phenoxy) is 1. The average Bonchev–Trinajstić information content (AvgIpc) is 2.90. The number of hydrazine groups is 1. The van der Waals surface area contributed by atoms with Crippen LogP contribution in [0.4, 0.5) is 5.69 Å². The van der Waals surface area contributed by atoms with E-state index in [1.807, 2.05) is 6.07 Å². The summed E-state index contributed by atoms with van der Waals surface area (Å²) in [5, 5.41) is 1.18. The second-order valence-corrected chi connectivity index (χ2v) is 5.27. The summed E-state index contributed by atoms with van der Waals surface area (Å²) < 4.78 is 5.32. The lowest BCUT2D eigenvalue weighted by Crippen LogP contribution is -2.35. The Kier molecular flexibility index (Phi) is 4.47. The molecule has 3 N–H and O–H groups in total. The van der Waals surface area contributed by atoms with Crippen LogP contribution in [0.1, 0.15) is 5.56 Å². The van der Waals surface area contributed by atoms with Crippen molar-refractivity contribution >= 4 is 29.5 Å². The molecule has 0 atom stereocenters. The molecule has 0 unspecified atom stereocenters. The molecule has 0 radical (unpaired) electrons. The summed E-state index contributed by atoms with van der Waals surface area (Å²) in [4.78, 5) is 35.6. The highest BCUT2D eigenvalue weighted by molar-refractivity contribution is 6.31. The highest BCUT2D eigenvalue weighted by Crippen LogP contribution is 2.25. The fourth-order valence-electron chi connectivity index (χ4n) is 2.35. The van der Waals surface area contributed by atoms with Gasteiger partial charge < -0.3 is 10.5 Å². The molecule has 1 aliphatic rings. The van der Waals surface area contributed by atoms with Gasteiger partial charge in [0.1, 0.15) is 11.3 Å². The Balaban J connectivity index is 1.90. The third-order valence-electron chi connectivity index (χ3n) is 3.49. The van der Waals surface area contributed by atoms with E-state index >= 15 is 0 Å². The fourth-order valence-corrected chi connectivity index (χ4v) is 2.35. The van der Waals surface area contributed by atoms with E-state index in [1.165, 1.54) is 11.1 Å². The van der Waals surface area contributed by atoms with Crippen LogP contribution in [0.5, 0.6) is 5.75 Å². The van der Waals surface area contributed by atoms with Crippen molar-refractivity contribution in [3.63, 3.8) is 0 Å². The summed E-state index contributed by atoms with van der Waals surface area (Å²) in [5.74, 6) is -1.25. The molecule has 126 valence electrons. The number of rotatable bonds is 5. The van der Waals surface area contributed by atoms with Gasteiger partial charge >= 0.3 is 0 Å². The second-order valence-electron chi connectivity index (χ2n) is 5.27. The molecular formula is C18H15N3O4. The lowest BCUT2D eigenvalue weighted by atomic mass is 10.1. The molecule has 0 saturated carbocycles. The first-order valence-electron chi connectivity index (χ1n) is 7.48. The van der Waals surface area contributed by atoms with Gasteiger partial charge in [-0.2, -0.15) is 0 Å². The van der Waals surface area contributed by atoms with Gasteiger partial charge in [-0.1, -0.05) is 36.4 Å². The van der Waals surface area contributed by atoms with E-state index in [0.29, 0.717) is 17.0 Å². The van der Waals surface area contributed by atoms with Crippen molar-refractivity contribution < 1.29 is 19.1 Å². The van der Waals surface area contributed by atoms with Gasteiger partial charge in [-0.05, 0) is 24.3 Å². The van der Waals surface area contributed by atoms with Crippen LogP contribution in [-0.4, -0.2) is 24.3 Å². The first-order chi connectivity index (χ1) is 12.1. The van der Waals surface area contributed by atoms with Crippen molar-refractivity contribution in [2.24, 2.45) is 5.73 Å². The lowest BCUT2D eigenvalue weighted by molar-refractivity contribution is -0.120. The molecule has 1 fully saturated rings. The Morgan fingerprint density at radius 1 is 1.08 bits per heavy atom. The summed E-state index contributed by atoms with van der Waals surface area (Å²) >= 11 is 0. The molecule has 2 aromatic carbocycles. The molecule has 3 rings (SSSR count). The molecule has 25 heavy (non-hydrogen) atoms. The monoisotopic (exact) mass is 337 g/mol. The van der Waals surface area contributed by atoms with Crippen molar-refractivity contribution in [3.8, 4) is 5.75 Å². The molecule has 1 saturated heterocycles. The quantitative estimate of drug-likeness (QED) is 0.628. The molecule has 0 aliphatic carbocycles. The number of nitrogens with one attached hydrogen (secondary N) is 1. The Bertz CT molecular complexity index is 862. The zero-order valence-electron chi connectivity index (χ0n) is 13.1. The molecular weight excluding hydrogens is 322 g/mol. The summed E-state index contributed by atoms with van der Waals surface area (Å²) in [6.45, 7) is -0.295. The van der Waals surface area contributed by atoms with Crippen LogP contribution < -0.4 is 20.9 Å². The standard InChI is InChI=1S/C18H15N3O4/c19-16(22)11-25-15-9-5-4-6-12(15)10-14-17(23)20-21(18(14)24)13-7-2-1-3-8-13/h1-10H,11H2,(H2,19,22)(H,20,23)/b14-10-. The third kappa shape index (κ3) is 3.50. The van der Waals surface area contributed by atoms with Crippen LogP contribution in [-0.2, 0) is 14.4 Å². The van der Waals surface area contributed by atoms with Gasteiger partial charge in [0.15, 0.2) is 6.61 Å². The van der Waals surface area contributed by atoms with Gasteiger partial charge in [0, 0.05) is 5.56 Å². The SMILES string of the molecule is NC(=O)COc1ccccc1/C=C1/C(=O)NN(c2ccccc2)C1=O. The lowest BCUT2D eigenvalue weighted by Gasteiger charge is -2.13. The summed E-state index contributed by atoms with van der Waals surface area (Å²) in [6, 6.07) is 15.5. The summed E-state index contributed by atoms with van der Waals surface area (Å²) in [5.41, 5.74) is 8.62. The average molecular weight is 337 g/mol. The van der Waals surface area contributed by atoms with Crippen molar-refractivity contribution in [1.82, 2.24) is 5.43 Å². The number of anilines is 1. The molecule has 2 aromatic rings. The predicted octanol–water partition coefficient (Wildman–Crippen LogP) is 1.01. The maximum atomic E-state index is 12.6. The number of amides is 3. The maximum Gasteiger partial charge on any atom is 0.282 e. The van der Waals surface area contributed by atoms with Crippen molar-refractivity contribution in [1.29, 1.82) is 0 Å².